The zero-order chi connectivity index (χ0) is 18.9. The molecular formula is C19H25N3O4. The SMILES string of the molecule is CC(C)(C)CC(=O)N1CCCN(C(=O)c2ccc3[nH]c(=O)oc3c2)CC1. The Bertz CT molecular complexity index is 875. The predicted molar refractivity (Wildman–Crippen MR) is 98.0 cm³/mol. The molecule has 1 aromatic carbocycles. The summed E-state index contributed by atoms with van der Waals surface area (Å²) in [6.07, 6.45) is 1.26. The third kappa shape index (κ3) is 4.15. The minimum atomic E-state index is -0.535. The summed E-state index contributed by atoms with van der Waals surface area (Å²) in [6.45, 7) is 8.47. The quantitative estimate of drug-likeness (QED) is 0.891. The van der Waals surface area contributed by atoms with Gasteiger partial charge in [0.25, 0.3) is 5.91 Å². The van der Waals surface area contributed by atoms with E-state index in [0.717, 1.165) is 6.42 Å². The second kappa shape index (κ2) is 6.97. The second-order valence-corrected chi connectivity index (χ2v) is 7.99. The largest absolute Gasteiger partial charge is 0.417 e. The van der Waals surface area contributed by atoms with Gasteiger partial charge >= 0.3 is 5.76 Å². The summed E-state index contributed by atoms with van der Waals surface area (Å²) in [5.74, 6) is -0.504. The van der Waals surface area contributed by atoms with Crippen LogP contribution in [0.3, 0.4) is 0 Å². The molecule has 0 radical (unpaired) electrons. The lowest BCUT2D eigenvalue weighted by molar-refractivity contribution is -0.132. The Morgan fingerprint density at radius 1 is 1.12 bits per heavy atom. The number of fused-ring (bicyclic) bond motifs is 1. The molecule has 7 heteroatoms. The monoisotopic (exact) mass is 359 g/mol. The van der Waals surface area contributed by atoms with Gasteiger partial charge in [0.05, 0.1) is 5.52 Å². The minimum Gasteiger partial charge on any atom is -0.408 e. The number of amides is 2. The molecule has 1 fully saturated rings. The van der Waals surface area contributed by atoms with Crippen LogP contribution in [-0.2, 0) is 4.79 Å². The van der Waals surface area contributed by atoms with Crippen molar-refractivity contribution >= 4 is 22.9 Å². The molecule has 2 amide bonds. The molecule has 1 aliphatic heterocycles. The average Bonchev–Trinajstić information content (AvgIpc) is 2.76. The molecular weight excluding hydrogens is 334 g/mol. The highest BCUT2D eigenvalue weighted by Gasteiger charge is 2.25. The molecule has 0 spiro atoms. The van der Waals surface area contributed by atoms with E-state index in [2.05, 4.69) is 4.98 Å². The Morgan fingerprint density at radius 3 is 2.54 bits per heavy atom. The van der Waals surface area contributed by atoms with Gasteiger partial charge in [0.15, 0.2) is 5.58 Å². The van der Waals surface area contributed by atoms with Crippen molar-refractivity contribution in [1.29, 1.82) is 0 Å². The molecule has 0 unspecified atom stereocenters. The first-order valence-electron chi connectivity index (χ1n) is 8.93. The van der Waals surface area contributed by atoms with Gasteiger partial charge in [0.1, 0.15) is 0 Å². The minimum absolute atomic E-state index is 0.0468. The maximum absolute atomic E-state index is 12.8. The van der Waals surface area contributed by atoms with Crippen LogP contribution in [0.5, 0.6) is 0 Å². The summed E-state index contributed by atoms with van der Waals surface area (Å²) in [7, 11) is 0. The fourth-order valence-electron chi connectivity index (χ4n) is 3.20. The first-order valence-corrected chi connectivity index (χ1v) is 8.93. The molecule has 1 aromatic heterocycles. The number of aromatic nitrogens is 1. The summed E-state index contributed by atoms with van der Waals surface area (Å²) in [6, 6.07) is 4.94. The van der Waals surface area contributed by atoms with Crippen molar-refractivity contribution in [2.75, 3.05) is 26.2 Å². The second-order valence-electron chi connectivity index (χ2n) is 7.99. The first kappa shape index (κ1) is 18.2. The molecule has 26 heavy (non-hydrogen) atoms. The molecule has 2 aromatic rings. The topological polar surface area (TPSA) is 86.6 Å². The molecule has 1 N–H and O–H groups in total. The van der Waals surface area contributed by atoms with Crippen LogP contribution in [0.1, 0.15) is 44.0 Å². The van der Waals surface area contributed by atoms with Gasteiger partial charge in [-0.15, -0.1) is 0 Å². The number of oxazole rings is 1. The molecule has 140 valence electrons. The molecule has 1 aliphatic rings. The van der Waals surface area contributed by atoms with E-state index < -0.39 is 5.76 Å². The number of nitrogens with zero attached hydrogens (tertiary/aromatic N) is 2. The Hall–Kier alpha value is -2.57. The molecule has 0 saturated carbocycles. The summed E-state index contributed by atoms with van der Waals surface area (Å²) < 4.78 is 5.03. The maximum atomic E-state index is 12.8. The fourth-order valence-corrected chi connectivity index (χ4v) is 3.20. The lowest BCUT2D eigenvalue weighted by Gasteiger charge is -2.25. The summed E-state index contributed by atoms with van der Waals surface area (Å²) >= 11 is 0. The zero-order valence-corrected chi connectivity index (χ0v) is 15.5. The Labute approximate surface area is 152 Å². The number of hydrogen-bond acceptors (Lipinski definition) is 4. The summed E-state index contributed by atoms with van der Waals surface area (Å²) in [5, 5.41) is 0. The van der Waals surface area contributed by atoms with Crippen molar-refractivity contribution in [3.8, 4) is 0 Å². The fraction of sp³-hybridized carbons (Fsp3) is 0.526. The standard InChI is InChI=1S/C19H25N3O4/c1-19(2,3)12-16(23)21-7-4-8-22(10-9-21)17(24)13-5-6-14-15(11-13)26-18(25)20-14/h5-6,11H,4,7-10,12H2,1-3H3,(H,20,25). The van der Waals surface area contributed by atoms with Crippen LogP contribution in [0.2, 0.25) is 0 Å². The number of nitrogens with one attached hydrogen (secondary N) is 1. The summed E-state index contributed by atoms with van der Waals surface area (Å²) in [5.41, 5.74) is 1.38. The lowest BCUT2D eigenvalue weighted by Crippen LogP contribution is -2.38. The van der Waals surface area contributed by atoms with Crippen molar-refractivity contribution in [2.45, 2.75) is 33.6 Å². The summed E-state index contributed by atoms with van der Waals surface area (Å²) in [4.78, 5) is 42.7. The van der Waals surface area contributed by atoms with Crippen LogP contribution in [0.15, 0.2) is 27.4 Å². The molecule has 2 heterocycles. The Kier molecular flexibility index (Phi) is 4.89. The molecule has 0 atom stereocenters. The zero-order valence-electron chi connectivity index (χ0n) is 15.5. The van der Waals surface area contributed by atoms with E-state index in [4.69, 9.17) is 4.42 Å². The number of rotatable bonds is 2. The van der Waals surface area contributed by atoms with Gasteiger partial charge in [-0.3, -0.25) is 14.6 Å². The van der Waals surface area contributed by atoms with Gasteiger partial charge in [0.2, 0.25) is 5.91 Å². The van der Waals surface area contributed by atoms with Gasteiger partial charge < -0.3 is 14.2 Å². The third-order valence-electron chi connectivity index (χ3n) is 4.49. The predicted octanol–water partition coefficient (Wildman–Crippen LogP) is 2.23. The normalized spacial score (nSPS) is 16.0. The highest BCUT2D eigenvalue weighted by Crippen LogP contribution is 2.21. The van der Waals surface area contributed by atoms with Gasteiger partial charge in [-0.05, 0) is 30.0 Å². The Balaban J connectivity index is 1.68. The van der Waals surface area contributed by atoms with Crippen molar-refractivity contribution in [3.63, 3.8) is 0 Å². The van der Waals surface area contributed by atoms with Gasteiger partial charge in [-0.2, -0.15) is 0 Å². The van der Waals surface area contributed by atoms with Crippen LogP contribution in [0.25, 0.3) is 11.1 Å². The van der Waals surface area contributed by atoms with Crippen molar-refractivity contribution in [3.05, 3.63) is 34.3 Å². The van der Waals surface area contributed by atoms with Gasteiger partial charge in [-0.25, -0.2) is 4.79 Å². The van der Waals surface area contributed by atoms with Crippen molar-refractivity contribution in [2.24, 2.45) is 5.41 Å². The van der Waals surface area contributed by atoms with E-state index in [9.17, 15) is 14.4 Å². The van der Waals surface area contributed by atoms with Gasteiger partial charge in [0, 0.05) is 38.2 Å². The van der Waals surface area contributed by atoms with E-state index in [0.29, 0.717) is 49.3 Å². The molecule has 7 nitrogen and oxygen atoms in total. The van der Waals surface area contributed by atoms with Crippen molar-refractivity contribution in [1.82, 2.24) is 14.8 Å². The highest BCUT2D eigenvalue weighted by atomic mass is 16.4. The van der Waals surface area contributed by atoms with Crippen LogP contribution >= 0.6 is 0 Å². The van der Waals surface area contributed by atoms with E-state index in [1.54, 1.807) is 23.1 Å². The van der Waals surface area contributed by atoms with Crippen LogP contribution < -0.4 is 5.76 Å². The number of carbonyl (C=O) groups is 2. The van der Waals surface area contributed by atoms with Crippen LogP contribution in [-0.4, -0.2) is 52.8 Å². The Morgan fingerprint density at radius 2 is 1.81 bits per heavy atom. The van der Waals surface area contributed by atoms with Crippen LogP contribution in [0, 0.1) is 5.41 Å². The van der Waals surface area contributed by atoms with E-state index in [1.165, 1.54) is 0 Å². The number of H-pyrrole nitrogens is 1. The smallest absolute Gasteiger partial charge is 0.408 e. The maximum Gasteiger partial charge on any atom is 0.417 e. The first-order chi connectivity index (χ1) is 12.2. The van der Waals surface area contributed by atoms with Crippen LogP contribution in [0.4, 0.5) is 0 Å². The highest BCUT2D eigenvalue weighted by molar-refractivity contribution is 5.97. The molecule has 3 rings (SSSR count). The van der Waals surface area contributed by atoms with Gasteiger partial charge in [-0.1, -0.05) is 20.8 Å². The number of benzene rings is 1. The third-order valence-corrected chi connectivity index (χ3v) is 4.49. The van der Waals surface area contributed by atoms with Crippen molar-refractivity contribution < 1.29 is 14.0 Å². The van der Waals surface area contributed by atoms with E-state index in [1.807, 2.05) is 25.7 Å². The molecule has 1 saturated heterocycles. The molecule has 0 bridgehead atoms. The average molecular weight is 359 g/mol. The van der Waals surface area contributed by atoms with E-state index >= 15 is 0 Å². The van der Waals surface area contributed by atoms with E-state index in [-0.39, 0.29) is 17.2 Å². The number of hydrogen-bond donors (Lipinski definition) is 1. The molecule has 0 aliphatic carbocycles. The number of aromatic amines is 1. The lowest BCUT2D eigenvalue weighted by atomic mass is 9.91. The number of carbonyl (C=O) groups excluding carboxylic acids is 2.